The van der Waals surface area contributed by atoms with Crippen molar-refractivity contribution in [3.63, 3.8) is 0 Å². The molecule has 4 heterocycles. The molecule has 5 rings (SSSR count). The smallest absolute Gasteiger partial charge is 0.261 e. The lowest BCUT2D eigenvalue weighted by Gasteiger charge is -2.30. The van der Waals surface area contributed by atoms with Gasteiger partial charge in [0.05, 0.1) is 24.1 Å². The molecular formula is C29H32F2N6. The van der Waals surface area contributed by atoms with Gasteiger partial charge in [0, 0.05) is 61.0 Å². The van der Waals surface area contributed by atoms with Gasteiger partial charge >= 0.3 is 0 Å². The highest BCUT2D eigenvalue weighted by Crippen LogP contribution is 2.32. The van der Waals surface area contributed by atoms with Crippen LogP contribution in [0.3, 0.4) is 0 Å². The first-order chi connectivity index (χ1) is 17.8. The summed E-state index contributed by atoms with van der Waals surface area (Å²) in [5.74, 6) is -2.61. The molecule has 0 amide bonds. The highest BCUT2D eigenvalue weighted by molar-refractivity contribution is 5.87. The summed E-state index contributed by atoms with van der Waals surface area (Å²) < 4.78 is 27.2. The van der Waals surface area contributed by atoms with Gasteiger partial charge in [0.15, 0.2) is 0 Å². The van der Waals surface area contributed by atoms with Crippen molar-refractivity contribution in [3.8, 4) is 11.1 Å². The standard InChI is InChI=1S/C29H32F2N6/c1-20(21(2)35-25-5-6-26(34-16-25)18-36-9-3-10-36)27-13-23(4-7-28(27)32)24-12-22(14-33-15-24)17-37-11-8-29(30,31)19-37/h4-7,12-16,35H,1-3,8-11,17-19,32H2. The molecule has 37 heavy (non-hydrogen) atoms. The number of nitrogens with two attached hydrogens (primary N) is 1. The number of aromatic nitrogens is 2. The molecule has 2 fully saturated rings. The van der Waals surface area contributed by atoms with E-state index in [2.05, 4.69) is 33.3 Å². The second-order valence-electron chi connectivity index (χ2n) is 9.95. The second kappa shape index (κ2) is 10.4. The lowest BCUT2D eigenvalue weighted by atomic mass is 9.97. The van der Waals surface area contributed by atoms with E-state index >= 15 is 0 Å². The van der Waals surface area contributed by atoms with Crippen molar-refractivity contribution in [1.29, 1.82) is 0 Å². The van der Waals surface area contributed by atoms with Crippen molar-refractivity contribution in [2.75, 3.05) is 37.2 Å². The van der Waals surface area contributed by atoms with Gasteiger partial charge in [-0.2, -0.15) is 0 Å². The van der Waals surface area contributed by atoms with E-state index in [0.29, 0.717) is 30.0 Å². The molecule has 3 N–H and O–H groups in total. The summed E-state index contributed by atoms with van der Waals surface area (Å²) >= 11 is 0. The highest BCUT2D eigenvalue weighted by atomic mass is 19.3. The van der Waals surface area contributed by atoms with Crippen LogP contribution in [0.2, 0.25) is 0 Å². The summed E-state index contributed by atoms with van der Waals surface area (Å²) in [6.45, 7) is 12.1. The quantitative estimate of drug-likeness (QED) is 0.301. The van der Waals surface area contributed by atoms with Gasteiger partial charge in [-0.25, -0.2) is 8.78 Å². The highest BCUT2D eigenvalue weighted by Gasteiger charge is 2.37. The van der Waals surface area contributed by atoms with Gasteiger partial charge in [0.25, 0.3) is 5.92 Å². The fraction of sp³-hybridized carbons (Fsp3) is 0.310. The predicted molar refractivity (Wildman–Crippen MR) is 145 cm³/mol. The van der Waals surface area contributed by atoms with E-state index in [0.717, 1.165) is 53.3 Å². The number of rotatable bonds is 9. The number of pyridine rings is 2. The average Bonchev–Trinajstić information content (AvgIpc) is 3.20. The third-order valence-corrected chi connectivity index (χ3v) is 6.98. The Bertz CT molecular complexity index is 1300. The molecule has 2 aromatic heterocycles. The summed E-state index contributed by atoms with van der Waals surface area (Å²) in [7, 11) is 0. The molecule has 2 aliphatic rings. The van der Waals surface area contributed by atoms with Gasteiger partial charge in [-0.1, -0.05) is 19.2 Å². The fourth-order valence-corrected chi connectivity index (χ4v) is 4.70. The number of benzene rings is 1. The van der Waals surface area contributed by atoms with Crippen LogP contribution in [-0.4, -0.2) is 51.9 Å². The molecule has 1 aromatic carbocycles. The molecule has 0 saturated carbocycles. The van der Waals surface area contributed by atoms with Gasteiger partial charge < -0.3 is 11.1 Å². The Hall–Kier alpha value is -3.62. The summed E-state index contributed by atoms with van der Waals surface area (Å²) in [6.07, 6.45) is 6.46. The first-order valence-electron chi connectivity index (χ1n) is 12.5. The maximum Gasteiger partial charge on any atom is 0.261 e. The Kier molecular flexibility index (Phi) is 7.04. The zero-order valence-corrected chi connectivity index (χ0v) is 20.9. The van der Waals surface area contributed by atoms with Crippen molar-refractivity contribution >= 4 is 16.9 Å². The molecule has 0 unspecified atom stereocenters. The van der Waals surface area contributed by atoms with E-state index in [1.165, 1.54) is 6.42 Å². The number of nitrogen functional groups attached to an aromatic ring is 1. The molecular weight excluding hydrogens is 470 g/mol. The second-order valence-corrected chi connectivity index (χ2v) is 9.95. The van der Waals surface area contributed by atoms with Crippen LogP contribution < -0.4 is 11.1 Å². The maximum absolute atomic E-state index is 13.6. The molecule has 0 aliphatic carbocycles. The number of alkyl halides is 2. The third-order valence-electron chi connectivity index (χ3n) is 6.98. The van der Waals surface area contributed by atoms with E-state index < -0.39 is 5.92 Å². The number of nitrogens with one attached hydrogen (secondary N) is 1. The van der Waals surface area contributed by atoms with E-state index in [9.17, 15) is 8.78 Å². The molecule has 2 saturated heterocycles. The van der Waals surface area contributed by atoms with E-state index in [4.69, 9.17) is 5.73 Å². The van der Waals surface area contributed by atoms with Gasteiger partial charge in [-0.15, -0.1) is 0 Å². The first kappa shape index (κ1) is 25.0. The predicted octanol–water partition coefficient (Wildman–Crippen LogP) is 5.41. The molecule has 0 spiro atoms. The minimum Gasteiger partial charge on any atom is -0.398 e. The van der Waals surface area contributed by atoms with Gasteiger partial charge in [-0.3, -0.25) is 19.8 Å². The molecule has 0 bridgehead atoms. The lowest BCUT2D eigenvalue weighted by Crippen LogP contribution is -2.36. The number of anilines is 2. The number of likely N-dealkylation sites (tertiary alicyclic amines) is 2. The summed E-state index contributed by atoms with van der Waals surface area (Å²) in [4.78, 5) is 13.0. The molecule has 8 heteroatoms. The number of halogens is 2. The van der Waals surface area contributed by atoms with Gasteiger partial charge in [0.2, 0.25) is 0 Å². The molecule has 6 nitrogen and oxygen atoms in total. The number of nitrogens with zero attached hydrogens (tertiary/aromatic N) is 4. The maximum atomic E-state index is 13.6. The zero-order valence-electron chi connectivity index (χ0n) is 20.9. The molecule has 2 aliphatic heterocycles. The van der Waals surface area contributed by atoms with Gasteiger partial charge in [-0.05, 0) is 66.5 Å². The van der Waals surface area contributed by atoms with Crippen LogP contribution in [-0.2, 0) is 13.1 Å². The Morgan fingerprint density at radius 3 is 2.49 bits per heavy atom. The van der Waals surface area contributed by atoms with Crippen molar-refractivity contribution < 1.29 is 8.78 Å². The van der Waals surface area contributed by atoms with Crippen LogP contribution in [0.25, 0.3) is 16.7 Å². The van der Waals surface area contributed by atoms with Gasteiger partial charge in [0.1, 0.15) is 0 Å². The normalized spacial score (nSPS) is 17.4. The van der Waals surface area contributed by atoms with Crippen LogP contribution in [0.5, 0.6) is 0 Å². The Morgan fingerprint density at radius 2 is 1.81 bits per heavy atom. The third kappa shape index (κ3) is 6.03. The van der Waals surface area contributed by atoms with Crippen LogP contribution in [0.15, 0.2) is 73.8 Å². The Labute approximate surface area is 216 Å². The summed E-state index contributed by atoms with van der Waals surface area (Å²) in [5.41, 5.74) is 13.5. The minimum atomic E-state index is -2.61. The average molecular weight is 503 g/mol. The van der Waals surface area contributed by atoms with Crippen LogP contribution >= 0.6 is 0 Å². The fourth-order valence-electron chi connectivity index (χ4n) is 4.70. The molecule has 3 aromatic rings. The molecule has 0 radical (unpaired) electrons. The topological polar surface area (TPSA) is 70.3 Å². The zero-order chi connectivity index (χ0) is 26.0. The van der Waals surface area contributed by atoms with E-state index in [1.807, 2.05) is 36.4 Å². The van der Waals surface area contributed by atoms with Crippen molar-refractivity contribution in [3.05, 3.63) is 90.7 Å². The molecule has 192 valence electrons. The first-order valence-corrected chi connectivity index (χ1v) is 12.5. The van der Waals surface area contributed by atoms with Crippen molar-refractivity contribution in [1.82, 2.24) is 19.8 Å². The van der Waals surface area contributed by atoms with Crippen LogP contribution in [0, 0.1) is 0 Å². The van der Waals surface area contributed by atoms with Crippen LogP contribution in [0.1, 0.15) is 29.7 Å². The summed E-state index contributed by atoms with van der Waals surface area (Å²) in [6, 6.07) is 11.7. The number of hydrogen-bond donors (Lipinski definition) is 2. The van der Waals surface area contributed by atoms with Crippen LogP contribution in [0.4, 0.5) is 20.2 Å². The lowest BCUT2D eigenvalue weighted by molar-refractivity contribution is 0.0115. The van der Waals surface area contributed by atoms with Crippen molar-refractivity contribution in [2.45, 2.75) is 31.9 Å². The number of hydrogen-bond acceptors (Lipinski definition) is 6. The summed E-state index contributed by atoms with van der Waals surface area (Å²) in [5, 5.41) is 3.29. The largest absolute Gasteiger partial charge is 0.398 e. The number of allylic oxidation sites excluding steroid dienone is 1. The molecule has 0 atom stereocenters. The van der Waals surface area contributed by atoms with E-state index in [1.54, 1.807) is 23.5 Å². The Morgan fingerprint density at radius 1 is 0.973 bits per heavy atom. The minimum absolute atomic E-state index is 0.0969. The van der Waals surface area contributed by atoms with E-state index in [-0.39, 0.29) is 13.0 Å². The monoisotopic (exact) mass is 502 g/mol. The van der Waals surface area contributed by atoms with Crippen molar-refractivity contribution in [2.24, 2.45) is 0 Å². The Balaban J connectivity index is 1.27. The SMILES string of the molecule is C=C(Nc1ccc(CN2CCC2)nc1)C(=C)c1cc(-c2cncc(CN3CCC(F)(F)C3)c2)ccc1N.